The molecule has 4 heteroatoms. The van der Waals surface area contributed by atoms with Gasteiger partial charge in [-0.3, -0.25) is 0 Å². The lowest BCUT2D eigenvalue weighted by atomic mass is 10.3. The minimum absolute atomic E-state index is 0.317. The fourth-order valence-electron chi connectivity index (χ4n) is 1.15. The highest BCUT2D eigenvalue weighted by Gasteiger charge is 2.24. The molecule has 1 fully saturated rings. The van der Waals surface area contributed by atoms with Crippen molar-refractivity contribution in [3.05, 3.63) is 17.8 Å². The zero-order valence-corrected chi connectivity index (χ0v) is 7.95. The predicted octanol–water partition coefficient (Wildman–Crippen LogP) is 1.54. The van der Waals surface area contributed by atoms with Gasteiger partial charge in [-0.05, 0) is 12.8 Å². The van der Waals surface area contributed by atoms with E-state index in [9.17, 15) is 0 Å². The standard InChI is InChI=1S/C10H11N3O/c1-12-10-9(14-8-2-3-8)4-7(5-11)6-13-10/h4,6,8H,2-3H2,1H3,(H,12,13). The number of anilines is 1. The van der Waals surface area contributed by atoms with Gasteiger partial charge in [0.1, 0.15) is 6.07 Å². The summed E-state index contributed by atoms with van der Waals surface area (Å²) >= 11 is 0. The molecule has 72 valence electrons. The first kappa shape index (κ1) is 8.82. The number of nitrogens with zero attached hydrogens (tertiary/aromatic N) is 2. The van der Waals surface area contributed by atoms with Crippen LogP contribution in [-0.4, -0.2) is 18.1 Å². The van der Waals surface area contributed by atoms with Crippen molar-refractivity contribution in [2.75, 3.05) is 12.4 Å². The fourth-order valence-corrected chi connectivity index (χ4v) is 1.15. The lowest BCUT2D eigenvalue weighted by Gasteiger charge is -2.09. The molecule has 0 unspecified atom stereocenters. The molecule has 1 saturated carbocycles. The van der Waals surface area contributed by atoms with Crippen molar-refractivity contribution in [3.8, 4) is 11.8 Å². The maximum atomic E-state index is 8.71. The van der Waals surface area contributed by atoms with Crippen LogP contribution in [0.2, 0.25) is 0 Å². The monoisotopic (exact) mass is 189 g/mol. The van der Waals surface area contributed by atoms with Crippen LogP contribution in [0.4, 0.5) is 5.82 Å². The average molecular weight is 189 g/mol. The number of pyridine rings is 1. The number of nitriles is 1. The summed E-state index contributed by atoms with van der Waals surface area (Å²) in [7, 11) is 1.79. The summed E-state index contributed by atoms with van der Waals surface area (Å²) in [4.78, 5) is 4.09. The van der Waals surface area contributed by atoms with Gasteiger partial charge in [-0.2, -0.15) is 5.26 Å². The summed E-state index contributed by atoms with van der Waals surface area (Å²) in [5.41, 5.74) is 0.527. The number of ether oxygens (including phenoxy) is 1. The molecule has 1 aliphatic carbocycles. The van der Waals surface area contributed by atoms with E-state index in [0.717, 1.165) is 12.8 Å². The number of hydrogen-bond acceptors (Lipinski definition) is 4. The van der Waals surface area contributed by atoms with Crippen LogP contribution in [0.1, 0.15) is 18.4 Å². The Bertz CT molecular complexity index is 379. The van der Waals surface area contributed by atoms with Gasteiger partial charge in [0.2, 0.25) is 0 Å². The van der Waals surface area contributed by atoms with Crippen molar-refractivity contribution in [2.24, 2.45) is 0 Å². The van der Waals surface area contributed by atoms with Gasteiger partial charge in [0.25, 0.3) is 0 Å². The first-order chi connectivity index (χ1) is 6.83. The van der Waals surface area contributed by atoms with E-state index in [4.69, 9.17) is 10.00 Å². The minimum Gasteiger partial charge on any atom is -0.487 e. The maximum Gasteiger partial charge on any atom is 0.168 e. The third-order valence-electron chi connectivity index (χ3n) is 2.04. The molecular weight excluding hydrogens is 178 g/mol. The first-order valence-electron chi connectivity index (χ1n) is 4.58. The van der Waals surface area contributed by atoms with Crippen molar-refractivity contribution in [1.82, 2.24) is 4.98 Å². The molecule has 1 N–H and O–H groups in total. The van der Waals surface area contributed by atoms with E-state index in [-0.39, 0.29) is 0 Å². The van der Waals surface area contributed by atoms with Crippen LogP contribution in [0.3, 0.4) is 0 Å². The van der Waals surface area contributed by atoms with Crippen LogP contribution in [0.15, 0.2) is 12.3 Å². The lowest BCUT2D eigenvalue weighted by molar-refractivity contribution is 0.303. The zero-order chi connectivity index (χ0) is 9.97. The second-order valence-corrected chi connectivity index (χ2v) is 3.25. The number of hydrogen-bond donors (Lipinski definition) is 1. The summed E-state index contributed by atoms with van der Waals surface area (Å²) in [5, 5.41) is 11.6. The van der Waals surface area contributed by atoms with Crippen molar-refractivity contribution in [3.63, 3.8) is 0 Å². The summed E-state index contributed by atoms with van der Waals surface area (Å²) in [6.07, 6.45) is 4.05. The quantitative estimate of drug-likeness (QED) is 0.783. The van der Waals surface area contributed by atoms with Crippen LogP contribution < -0.4 is 10.1 Å². The Hall–Kier alpha value is -1.76. The minimum atomic E-state index is 0.317. The Morgan fingerprint density at radius 1 is 1.64 bits per heavy atom. The molecule has 0 radical (unpaired) electrons. The molecule has 2 rings (SSSR count). The summed E-state index contributed by atoms with van der Waals surface area (Å²) < 4.78 is 5.61. The molecule has 0 aliphatic heterocycles. The Morgan fingerprint density at radius 2 is 2.43 bits per heavy atom. The van der Waals surface area contributed by atoms with E-state index in [2.05, 4.69) is 10.3 Å². The zero-order valence-electron chi connectivity index (χ0n) is 7.95. The van der Waals surface area contributed by atoms with Gasteiger partial charge >= 0.3 is 0 Å². The van der Waals surface area contributed by atoms with E-state index in [1.54, 1.807) is 13.1 Å². The Kier molecular flexibility index (Phi) is 2.23. The van der Waals surface area contributed by atoms with Crippen LogP contribution in [-0.2, 0) is 0 Å². The first-order valence-corrected chi connectivity index (χ1v) is 4.58. The summed E-state index contributed by atoms with van der Waals surface area (Å²) in [6, 6.07) is 3.76. The Balaban J connectivity index is 2.27. The lowest BCUT2D eigenvalue weighted by Crippen LogP contribution is -2.02. The fraction of sp³-hybridized carbons (Fsp3) is 0.400. The number of nitrogens with one attached hydrogen (secondary N) is 1. The normalized spacial score (nSPS) is 14.6. The smallest absolute Gasteiger partial charge is 0.168 e. The molecule has 1 aromatic heterocycles. The van der Waals surface area contributed by atoms with Crippen LogP contribution >= 0.6 is 0 Å². The van der Waals surface area contributed by atoms with Crippen molar-refractivity contribution < 1.29 is 4.74 Å². The van der Waals surface area contributed by atoms with E-state index in [1.165, 1.54) is 6.20 Å². The van der Waals surface area contributed by atoms with Gasteiger partial charge in [0.15, 0.2) is 11.6 Å². The molecule has 1 aromatic rings. The highest BCUT2D eigenvalue weighted by atomic mass is 16.5. The molecule has 14 heavy (non-hydrogen) atoms. The van der Waals surface area contributed by atoms with E-state index < -0.39 is 0 Å². The molecular formula is C10H11N3O. The summed E-state index contributed by atoms with van der Waals surface area (Å²) in [6.45, 7) is 0. The topological polar surface area (TPSA) is 57.9 Å². The van der Waals surface area contributed by atoms with Crippen molar-refractivity contribution >= 4 is 5.82 Å². The van der Waals surface area contributed by atoms with Crippen molar-refractivity contribution in [1.29, 1.82) is 5.26 Å². The van der Waals surface area contributed by atoms with Gasteiger partial charge in [-0.15, -0.1) is 0 Å². The van der Waals surface area contributed by atoms with E-state index >= 15 is 0 Å². The third kappa shape index (κ3) is 1.77. The Labute approximate surface area is 82.5 Å². The van der Waals surface area contributed by atoms with Gasteiger partial charge in [-0.1, -0.05) is 0 Å². The molecule has 0 aromatic carbocycles. The Morgan fingerprint density at radius 3 is 3.00 bits per heavy atom. The molecule has 0 amide bonds. The molecule has 0 atom stereocenters. The maximum absolute atomic E-state index is 8.71. The molecule has 1 aliphatic rings. The largest absolute Gasteiger partial charge is 0.487 e. The van der Waals surface area contributed by atoms with Crippen LogP contribution in [0.5, 0.6) is 5.75 Å². The number of rotatable bonds is 3. The van der Waals surface area contributed by atoms with Gasteiger partial charge in [-0.25, -0.2) is 4.98 Å². The second kappa shape index (κ2) is 3.54. The molecule has 1 heterocycles. The van der Waals surface area contributed by atoms with Gasteiger partial charge in [0.05, 0.1) is 11.7 Å². The van der Waals surface area contributed by atoms with Crippen molar-refractivity contribution in [2.45, 2.75) is 18.9 Å². The van der Waals surface area contributed by atoms with Gasteiger partial charge in [0, 0.05) is 19.3 Å². The predicted molar refractivity (Wildman–Crippen MR) is 52.1 cm³/mol. The summed E-state index contributed by atoms with van der Waals surface area (Å²) in [5.74, 6) is 1.37. The highest BCUT2D eigenvalue weighted by Crippen LogP contribution is 2.31. The average Bonchev–Trinajstić information content (AvgIpc) is 3.01. The molecule has 0 saturated heterocycles. The highest BCUT2D eigenvalue weighted by molar-refractivity contribution is 5.52. The van der Waals surface area contributed by atoms with Crippen LogP contribution in [0, 0.1) is 11.3 Å². The SMILES string of the molecule is CNc1ncc(C#N)cc1OC1CC1. The molecule has 4 nitrogen and oxygen atoms in total. The van der Waals surface area contributed by atoms with Crippen LogP contribution in [0.25, 0.3) is 0 Å². The van der Waals surface area contributed by atoms with Gasteiger partial charge < -0.3 is 10.1 Å². The van der Waals surface area contributed by atoms with E-state index in [0.29, 0.717) is 23.2 Å². The number of aromatic nitrogens is 1. The third-order valence-corrected chi connectivity index (χ3v) is 2.04. The second-order valence-electron chi connectivity index (χ2n) is 3.25. The van der Waals surface area contributed by atoms with E-state index in [1.807, 2.05) is 6.07 Å². The molecule has 0 bridgehead atoms. The molecule has 0 spiro atoms.